The van der Waals surface area contributed by atoms with E-state index in [4.69, 9.17) is 14.2 Å². The van der Waals surface area contributed by atoms with E-state index < -0.39 is 4.86 Å². The van der Waals surface area contributed by atoms with Gasteiger partial charge in [0, 0.05) is 0 Å². The van der Waals surface area contributed by atoms with E-state index in [-0.39, 0.29) is 30.9 Å². The van der Waals surface area contributed by atoms with Gasteiger partial charge in [-0.05, 0) is 6.42 Å². The fraction of sp³-hybridized carbons (Fsp3) is 1.00. The maximum Gasteiger partial charge on any atom is 0.143 e. The van der Waals surface area contributed by atoms with Crippen LogP contribution in [-0.2, 0) is 14.2 Å². The molecule has 4 fully saturated rings. The van der Waals surface area contributed by atoms with Crippen molar-refractivity contribution in [1.82, 2.24) is 10.2 Å². The fourth-order valence-corrected chi connectivity index (χ4v) is 2.74. The van der Waals surface area contributed by atoms with E-state index in [9.17, 15) is 10.4 Å². The Hall–Kier alpha value is -0.320. The average molecular weight is 272 g/mol. The van der Waals surface area contributed by atoms with Crippen LogP contribution in [0.5, 0.6) is 0 Å². The minimum absolute atomic E-state index is 0.0764. The van der Waals surface area contributed by atoms with Crippen LogP contribution >= 0.6 is 0 Å². The van der Waals surface area contributed by atoms with Gasteiger partial charge in [-0.25, -0.2) is 4.86 Å². The molecule has 8 heteroatoms. The van der Waals surface area contributed by atoms with E-state index >= 15 is 0 Å². The van der Waals surface area contributed by atoms with Crippen molar-refractivity contribution in [1.29, 1.82) is 0 Å². The Morgan fingerprint density at radius 1 is 1.05 bits per heavy atom. The van der Waals surface area contributed by atoms with Crippen LogP contribution < -0.4 is 0 Å². The van der Waals surface area contributed by atoms with E-state index in [2.05, 4.69) is 0 Å². The molecule has 4 heterocycles. The van der Waals surface area contributed by atoms with Crippen molar-refractivity contribution in [3.63, 3.8) is 0 Å². The minimum Gasteiger partial charge on any atom is -0.737 e. The highest BCUT2D eigenvalue weighted by molar-refractivity contribution is 4.85. The maximum absolute atomic E-state index is 12.9. The molecule has 0 radical (unpaired) electrons. The smallest absolute Gasteiger partial charge is 0.143 e. The van der Waals surface area contributed by atoms with Crippen molar-refractivity contribution >= 4 is 0 Å². The first-order valence-corrected chi connectivity index (χ1v) is 6.81. The first-order valence-electron chi connectivity index (χ1n) is 6.81. The number of quaternary nitrogens is 1. The Bertz CT molecular complexity index is 360. The molecule has 19 heavy (non-hydrogen) atoms. The Morgan fingerprint density at radius 3 is 2.26 bits per heavy atom. The lowest BCUT2D eigenvalue weighted by molar-refractivity contribution is -1.07. The van der Waals surface area contributed by atoms with Gasteiger partial charge in [0.05, 0.1) is 51.2 Å². The molecule has 4 aliphatic rings. The third-order valence-electron chi connectivity index (χ3n) is 4.08. The van der Waals surface area contributed by atoms with E-state index in [1.165, 1.54) is 0 Å². The zero-order valence-electron chi connectivity index (χ0n) is 10.6. The second-order valence-electron chi connectivity index (χ2n) is 5.78. The van der Waals surface area contributed by atoms with Gasteiger partial charge in [0.2, 0.25) is 0 Å². The number of hydroxylamine groups is 2. The summed E-state index contributed by atoms with van der Waals surface area (Å²) in [5.74, 6) is 0. The van der Waals surface area contributed by atoms with Crippen molar-refractivity contribution in [2.75, 3.05) is 39.5 Å². The Morgan fingerprint density at radius 2 is 1.68 bits per heavy atom. The first kappa shape index (κ1) is 12.4. The molecule has 0 spiro atoms. The molecule has 5 atom stereocenters. The highest BCUT2D eigenvalue weighted by atomic mass is 16.8. The van der Waals surface area contributed by atoms with E-state index in [1.807, 2.05) is 0 Å². The van der Waals surface area contributed by atoms with Crippen LogP contribution in [-0.4, -0.2) is 78.9 Å². The molecule has 4 rings (SSSR count). The quantitative estimate of drug-likeness (QED) is 0.355. The number of hydrogen-bond acceptors (Lipinski definition) is 7. The zero-order valence-corrected chi connectivity index (χ0v) is 10.6. The van der Waals surface area contributed by atoms with Crippen LogP contribution in [0.15, 0.2) is 0 Å². The van der Waals surface area contributed by atoms with Gasteiger partial charge in [-0.1, -0.05) is 0 Å². The molecule has 8 nitrogen and oxygen atoms in total. The Balaban J connectivity index is 1.48. The summed E-state index contributed by atoms with van der Waals surface area (Å²) in [7, 11) is 0. The van der Waals surface area contributed by atoms with E-state index in [1.54, 1.807) is 5.01 Å². The molecule has 0 aromatic carbocycles. The predicted octanol–water partition coefficient (Wildman–Crippen LogP) is -0.798. The van der Waals surface area contributed by atoms with Gasteiger partial charge in [0.25, 0.3) is 0 Å². The summed E-state index contributed by atoms with van der Waals surface area (Å²) in [5, 5.41) is 27.6. The third-order valence-corrected chi connectivity index (χ3v) is 4.08. The molecule has 4 aliphatic heterocycles. The fourth-order valence-electron chi connectivity index (χ4n) is 2.74. The summed E-state index contributed by atoms with van der Waals surface area (Å²) < 4.78 is 15.5. The summed E-state index contributed by atoms with van der Waals surface area (Å²) in [4.78, 5) is -0.943. The molecule has 0 saturated carbocycles. The summed E-state index contributed by atoms with van der Waals surface area (Å²) in [6, 6.07) is -0.289. The third kappa shape index (κ3) is 2.50. The molecule has 0 aromatic heterocycles. The Labute approximate surface area is 111 Å². The van der Waals surface area contributed by atoms with Crippen LogP contribution in [0.2, 0.25) is 0 Å². The highest BCUT2D eigenvalue weighted by Crippen LogP contribution is 2.34. The molecule has 4 saturated heterocycles. The predicted molar refractivity (Wildman–Crippen MR) is 62.9 cm³/mol. The van der Waals surface area contributed by atoms with Crippen LogP contribution in [0, 0.1) is 10.4 Å². The Kier molecular flexibility index (Phi) is 2.84. The topological polar surface area (TPSA) is 90.2 Å². The summed E-state index contributed by atoms with van der Waals surface area (Å²) in [6.07, 6.45) is 0.826. The molecular formula is C11H18N3O5-. The lowest BCUT2D eigenvalue weighted by Gasteiger charge is -2.51. The van der Waals surface area contributed by atoms with Crippen LogP contribution in [0.4, 0.5) is 0 Å². The lowest BCUT2D eigenvalue weighted by atomic mass is 10.2. The normalized spacial score (nSPS) is 49.6. The standard InChI is InChI=1S/C11H18N3O5/c15-13-8(1-9-5-17-9)2-12(3-10-6-18-10)14(13,16)4-11-7-19-11/h8-11H,1-7H2/q-1. The van der Waals surface area contributed by atoms with Crippen molar-refractivity contribution in [3.8, 4) is 0 Å². The molecule has 108 valence electrons. The second-order valence-corrected chi connectivity index (χ2v) is 5.78. The van der Waals surface area contributed by atoms with Crippen molar-refractivity contribution in [3.05, 3.63) is 10.4 Å². The molecule has 0 amide bonds. The number of rotatable bonds is 6. The van der Waals surface area contributed by atoms with Gasteiger partial charge in [0.1, 0.15) is 12.6 Å². The second kappa shape index (κ2) is 4.34. The van der Waals surface area contributed by atoms with Gasteiger partial charge in [-0.15, -0.1) is 5.01 Å². The summed E-state index contributed by atoms with van der Waals surface area (Å²) >= 11 is 0. The minimum atomic E-state index is -0.943. The van der Waals surface area contributed by atoms with Crippen molar-refractivity contribution in [2.24, 2.45) is 0 Å². The maximum atomic E-state index is 12.9. The SMILES string of the molecule is [O-]N1C(CC2CO2)CN(CC2CO2)[N+]1([O-])CC1CO1. The largest absolute Gasteiger partial charge is 0.737 e. The molecule has 5 unspecified atom stereocenters. The van der Waals surface area contributed by atoms with Crippen LogP contribution in [0.25, 0.3) is 0 Å². The molecule has 0 N–H and O–H groups in total. The first-order chi connectivity index (χ1) is 9.15. The van der Waals surface area contributed by atoms with E-state index in [0.717, 1.165) is 0 Å². The van der Waals surface area contributed by atoms with Crippen LogP contribution in [0.1, 0.15) is 6.42 Å². The van der Waals surface area contributed by atoms with Gasteiger partial charge >= 0.3 is 0 Å². The van der Waals surface area contributed by atoms with Crippen molar-refractivity contribution < 1.29 is 19.1 Å². The highest BCUT2D eigenvalue weighted by Gasteiger charge is 2.49. The van der Waals surface area contributed by atoms with Crippen molar-refractivity contribution in [2.45, 2.75) is 30.8 Å². The molecule has 0 bridgehead atoms. The number of epoxide rings is 3. The van der Waals surface area contributed by atoms with Gasteiger partial charge < -0.3 is 24.6 Å². The average Bonchev–Trinajstić information content (AvgIpc) is 3.22. The summed E-state index contributed by atoms with van der Waals surface area (Å²) in [5.41, 5.74) is 0. The van der Waals surface area contributed by atoms with Gasteiger partial charge in [-0.3, -0.25) is 0 Å². The zero-order chi connectivity index (χ0) is 13.0. The summed E-state index contributed by atoms with van der Waals surface area (Å²) in [6.45, 7) is 3.17. The lowest BCUT2D eigenvalue weighted by Crippen LogP contribution is -2.60. The molecule has 0 aliphatic carbocycles. The number of hydrogen-bond donors (Lipinski definition) is 0. The molecular weight excluding hydrogens is 254 g/mol. The van der Waals surface area contributed by atoms with E-state index in [0.29, 0.717) is 44.5 Å². The molecule has 0 aromatic rings. The monoisotopic (exact) mass is 272 g/mol. The van der Waals surface area contributed by atoms with Crippen LogP contribution in [0.3, 0.4) is 0 Å². The number of nitrogens with zero attached hydrogens (tertiary/aromatic N) is 3. The van der Waals surface area contributed by atoms with Gasteiger partial charge in [-0.2, -0.15) is 5.17 Å². The number of ether oxygens (including phenoxy) is 3. The van der Waals surface area contributed by atoms with Gasteiger partial charge in [0.15, 0.2) is 0 Å².